The number of amides is 1. The van der Waals surface area contributed by atoms with E-state index in [1.165, 1.54) is 16.2 Å². The van der Waals surface area contributed by atoms with Gasteiger partial charge in [0.05, 0.1) is 22.9 Å². The number of carbonyl (C=O) groups excluding carboxylic acids is 1. The number of hydrogen-bond donors (Lipinski definition) is 0. The molecule has 1 aliphatic heterocycles. The van der Waals surface area contributed by atoms with E-state index in [0.717, 1.165) is 40.5 Å². The van der Waals surface area contributed by atoms with Crippen molar-refractivity contribution < 1.29 is 9.53 Å². The fourth-order valence-corrected chi connectivity index (χ4v) is 5.32. The van der Waals surface area contributed by atoms with E-state index in [2.05, 4.69) is 17.1 Å². The van der Waals surface area contributed by atoms with Gasteiger partial charge in [-0.25, -0.2) is 4.98 Å². The highest BCUT2D eigenvalue weighted by atomic mass is 35.5. The number of rotatable bonds is 7. The van der Waals surface area contributed by atoms with Gasteiger partial charge in [0.2, 0.25) is 5.91 Å². The van der Waals surface area contributed by atoms with Gasteiger partial charge in [-0.1, -0.05) is 41.1 Å². The first-order valence-corrected chi connectivity index (χ1v) is 11.5. The Morgan fingerprint density at radius 2 is 2.14 bits per heavy atom. The summed E-state index contributed by atoms with van der Waals surface area (Å²) < 4.78 is 6.77. The third-order valence-electron chi connectivity index (χ3n) is 4.61. The number of carbonyl (C=O) groups is 1. The van der Waals surface area contributed by atoms with Crippen LogP contribution in [0.2, 0.25) is 5.02 Å². The Kier molecular flexibility index (Phi) is 6.52. The van der Waals surface area contributed by atoms with Crippen molar-refractivity contribution in [1.82, 2.24) is 4.98 Å². The highest BCUT2D eigenvalue weighted by Crippen LogP contribution is 2.32. The van der Waals surface area contributed by atoms with E-state index in [-0.39, 0.29) is 12.0 Å². The summed E-state index contributed by atoms with van der Waals surface area (Å²) in [5.41, 5.74) is 0.869. The minimum atomic E-state index is 0.0846. The summed E-state index contributed by atoms with van der Waals surface area (Å²) in [6.07, 6.45) is 2.58. The van der Waals surface area contributed by atoms with Gasteiger partial charge in [0.25, 0.3) is 0 Å². The Morgan fingerprint density at radius 3 is 2.93 bits per heavy atom. The Bertz CT molecular complexity index is 942. The van der Waals surface area contributed by atoms with E-state index in [1.807, 2.05) is 36.4 Å². The fourth-order valence-electron chi connectivity index (χ4n) is 3.19. The van der Waals surface area contributed by atoms with Crippen LogP contribution in [-0.2, 0) is 9.53 Å². The molecule has 0 aliphatic carbocycles. The molecule has 2 heterocycles. The quantitative estimate of drug-likeness (QED) is 0.453. The maximum absolute atomic E-state index is 13.1. The van der Waals surface area contributed by atoms with E-state index in [9.17, 15) is 4.79 Å². The number of hydrogen-bond acceptors (Lipinski definition) is 5. The molecule has 0 radical (unpaired) electrons. The molecule has 1 saturated heterocycles. The predicted molar refractivity (Wildman–Crippen MR) is 118 cm³/mol. The highest BCUT2D eigenvalue weighted by molar-refractivity contribution is 7.99. The fraction of sp³-hybridized carbons (Fsp3) is 0.333. The minimum absolute atomic E-state index is 0.0846. The zero-order chi connectivity index (χ0) is 19.3. The number of benzene rings is 2. The Morgan fingerprint density at radius 1 is 1.29 bits per heavy atom. The highest BCUT2D eigenvalue weighted by Gasteiger charge is 2.26. The van der Waals surface area contributed by atoms with Crippen LogP contribution in [0.15, 0.2) is 53.4 Å². The first-order chi connectivity index (χ1) is 13.7. The van der Waals surface area contributed by atoms with Crippen LogP contribution in [-0.4, -0.2) is 35.9 Å². The van der Waals surface area contributed by atoms with Gasteiger partial charge < -0.3 is 4.74 Å². The lowest BCUT2D eigenvalue weighted by atomic mass is 10.2. The number of nitrogens with zero attached hydrogens (tertiary/aromatic N) is 2. The molecule has 0 bridgehead atoms. The molecule has 1 atom stereocenters. The summed E-state index contributed by atoms with van der Waals surface area (Å²) in [5.74, 6) is 0.825. The minimum Gasteiger partial charge on any atom is -0.376 e. The largest absolute Gasteiger partial charge is 0.376 e. The second kappa shape index (κ2) is 9.27. The van der Waals surface area contributed by atoms with Crippen molar-refractivity contribution in [2.75, 3.05) is 23.8 Å². The van der Waals surface area contributed by atoms with E-state index >= 15 is 0 Å². The maximum atomic E-state index is 13.1. The van der Waals surface area contributed by atoms with Crippen LogP contribution in [0.4, 0.5) is 5.13 Å². The van der Waals surface area contributed by atoms with Gasteiger partial charge >= 0.3 is 0 Å². The Labute approximate surface area is 177 Å². The molecule has 1 amide bonds. The number of fused-ring (bicyclic) bond motifs is 1. The number of thiazole rings is 1. The van der Waals surface area contributed by atoms with Gasteiger partial charge in [0.1, 0.15) is 0 Å². The molecule has 1 aromatic heterocycles. The second-order valence-electron chi connectivity index (χ2n) is 6.66. The normalized spacial score (nSPS) is 16.5. The van der Waals surface area contributed by atoms with Crippen LogP contribution in [0.5, 0.6) is 0 Å². The molecular formula is C21H21ClN2O2S2. The number of thioether (sulfide) groups is 1. The molecule has 28 heavy (non-hydrogen) atoms. The smallest absolute Gasteiger partial charge is 0.229 e. The van der Waals surface area contributed by atoms with Gasteiger partial charge in [-0.05, 0) is 43.2 Å². The zero-order valence-electron chi connectivity index (χ0n) is 15.3. The Balaban J connectivity index is 1.49. The van der Waals surface area contributed by atoms with Gasteiger partial charge in [-0.2, -0.15) is 0 Å². The van der Waals surface area contributed by atoms with Crippen molar-refractivity contribution in [3.63, 3.8) is 0 Å². The third kappa shape index (κ3) is 4.87. The average Bonchev–Trinajstić information content (AvgIpc) is 3.36. The van der Waals surface area contributed by atoms with Crippen LogP contribution >= 0.6 is 34.7 Å². The SMILES string of the molecule is O=C(CCSc1ccccc1)N(CC1CCCO1)c1nc2ccc(Cl)cc2s1. The van der Waals surface area contributed by atoms with E-state index < -0.39 is 0 Å². The molecule has 2 aromatic carbocycles. The monoisotopic (exact) mass is 432 g/mol. The van der Waals surface area contributed by atoms with Crippen molar-refractivity contribution in [2.45, 2.75) is 30.3 Å². The van der Waals surface area contributed by atoms with E-state index in [4.69, 9.17) is 16.3 Å². The first-order valence-electron chi connectivity index (χ1n) is 9.35. The number of anilines is 1. The Hall–Kier alpha value is -1.60. The molecule has 7 heteroatoms. The van der Waals surface area contributed by atoms with Crippen LogP contribution in [0.1, 0.15) is 19.3 Å². The molecule has 1 fully saturated rings. The summed E-state index contributed by atoms with van der Waals surface area (Å²) in [7, 11) is 0. The molecule has 4 rings (SSSR count). The average molecular weight is 433 g/mol. The summed E-state index contributed by atoms with van der Waals surface area (Å²) in [6, 6.07) is 15.8. The van der Waals surface area contributed by atoms with Crippen LogP contribution in [0.3, 0.4) is 0 Å². The van der Waals surface area contributed by atoms with Crippen molar-refractivity contribution in [3.05, 3.63) is 53.6 Å². The lowest BCUT2D eigenvalue weighted by molar-refractivity contribution is -0.118. The summed E-state index contributed by atoms with van der Waals surface area (Å²) in [4.78, 5) is 20.7. The molecule has 3 aromatic rings. The van der Waals surface area contributed by atoms with Gasteiger partial charge in [0.15, 0.2) is 5.13 Å². The molecule has 1 aliphatic rings. The number of ether oxygens (including phenoxy) is 1. The molecule has 0 saturated carbocycles. The van der Waals surface area contributed by atoms with Gasteiger partial charge in [-0.3, -0.25) is 9.69 Å². The van der Waals surface area contributed by atoms with Crippen LogP contribution in [0, 0.1) is 0 Å². The van der Waals surface area contributed by atoms with Crippen LogP contribution in [0.25, 0.3) is 10.2 Å². The van der Waals surface area contributed by atoms with Crippen LogP contribution < -0.4 is 4.90 Å². The van der Waals surface area contributed by atoms with Crippen molar-refractivity contribution in [2.24, 2.45) is 0 Å². The van der Waals surface area contributed by atoms with Crippen molar-refractivity contribution in [1.29, 1.82) is 0 Å². The molecular weight excluding hydrogens is 412 g/mol. The third-order valence-corrected chi connectivity index (χ3v) is 6.90. The van der Waals surface area contributed by atoms with E-state index in [0.29, 0.717) is 18.0 Å². The van der Waals surface area contributed by atoms with E-state index in [1.54, 1.807) is 16.7 Å². The topological polar surface area (TPSA) is 42.4 Å². The van der Waals surface area contributed by atoms with Gasteiger partial charge in [0, 0.05) is 28.7 Å². The lowest BCUT2D eigenvalue weighted by Crippen LogP contribution is -2.37. The summed E-state index contributed by atoms with van der Waals surface area (Å²) in [5, 5.41) is 1.40. The lowest BCUT2D eigenvalue weighted by Gasteiger charge is -2.23. The molecule has 0 spiro atoms. The molecule has 1 unspecified atom stereocenters. The predicted octanol–water partition coefficient (Wildman–Crippen LogP) is 5.64. The second-order valence-corrected chi connectivity index (χ2v) is 9.27. The molecule has 146 valence electrons. The molecule has 4 nitrogen and oxygen atoms in total. The first kappa shape index (κ1) is 19.7. The molecule has 0 N–H and O–H groups in total. The summed E-state index contributed by atoms with van der Waals surface area (Å²) in [6.45, 7) is 1.33. The number of halogens is 1. The standard InChI is InChI=1S/C21H21ClN2O2S2/c22-15-8-9-18-19(13-15)28-21(23-18)24(14-16-5-4-11-26-16)20(25)10-12-27-17-6-2-1-3-7-17/h1-3,6-9,13,16H,4-5,10-12,14H2. The number of aromatic nitrogens is 1. The van der Waals surface area contributed by atoms with Crippen molar-refractivity contribution in [3.8, 4) is 0 Å². The summed E-state index contributed by atoms with van der Waals surface area (Å²) >= 11 is 9.32. The van der Waals surface area contributed by atoms with Gasteiger partial charge in [-0.15, -0.1) is 11.8 Å². The van der Waals surface area contributed by atoms with Crippen molar-refractivity contribution >= 4 is 56.0 Å². The zero-order valence-corrected chi connectivity index (χ0v) is 17.7. The maximum Gasteiger partial charge on any atom is 0.229 e.